The van der Waals surface area contributed by atoms with Crippen LogP contribution >= 0.6 is 0 Å². The van der Waals surface area contributed by atoms with Gasteiger partial charge >= 0.3 is 0 Å². The predicted molar refractivity (Wildman–Crippen MR) is 58.1 cm³/mol. The molecule has 72 valence electrons. The van der Waals surface area contributed by atoms with E-state index in [4.69, 9.17) is 0 Å². The summed E-state index contributed by atoms with van der Waals surface area (Å²) >= 11 is 0. The summed E-state index contributed by atoms with van der Waals surface area (Å²) in [6, 6.07) is 6.55. The summed E-state index contributed by atoms with van der Waals surface area (Å²) in [5, 5.41) is 0. The maximum absolute atomic E-state index is 4.25. The molecule has 14 heavy (non-hydrogen) atoms. The Labute approximate surface area is 84.0 Å². The second-order valence-corrected chi connectivity index (χ2v) is 3.50. The molecule has 0 bridgehead atoms. The van der Waals surface area contributed by atoms with Gasteiger partial charge in [0.1, 0.15) is 5.82 Å². The van der Waals surface area contributed by atoms with E-state index in [2.05, 4.69) is 42.0 Å². The van der Waals surface area contributed by atoms with E-state index in [1.54, 1.807) is 6.20 Å². The fourth-order valence-corrected chi connectivity index (χ4v) is 1.63. The topological polar surface area (TPSA) is 28.7 Å². The van der Waals surface area contributed by atoms with Gasteiger partial charge < -0.3 is 4.98 Å². The molecule has 0 aliphatic rings. The molecule has 1 N–H and O–H groups in total. The van der Waals surface area contributed by atoms with Crippen molar-refractivity contribution in [2.45, 2.75) is 20.3 Å². The lowest BCUT2D eigenvalue weighted by Crippen LogP contribution is -1.87. The van der Waals surface area contributed by atoms with E-state index in [0.717, 1.165) is 12.2 Å². The number of aromatic nitrogens is 2. The van der Waals surface area contributed by atoms with Crippen LogP contribution in [-0.2, 0) is 6.42 Å². The molecule has 0 saturated carbocycles. The molecule has 0 atom stereocenters. The van der Waals surface area contributed by atoms with Gasteiger partial charge in [0.2, 0.25) is 0 Å². The Balaban J connectivity index is 2.48. The van der Waals surface area contributed by atoms with Crippen LogP contribution in [0.1, 0.15) is 18.1 Å². The first kappa shape index (κ1) is 9.00. The number of nitrogens with zero attached hydrogens (tertiary/aromatic N) is 1. The van der Waals surface area contributed by atoms with Gasteiger partial charge in [-0.3, -0.25) is 0 Å². The summed E-state index contributed by atoms with van der Waals surface area (Å²) < 4.78 is 0. The van der Waals surface area contributed by atoms with Crippen LogP contribution in [0.25, 0.3) is 11.4 Å². The molecule has 0 aliphatic carbocycles. The van der Waals surface area contributed by atoms with Gasteiger partial charge in [0, 0.05) is 18.0 Å². The van der Waals surface area contributed by atoms with Crippen LogP contribution in [0.5, 0.6) is 0 Å². The fourth-order valence-electron chi connectivity index (χ4n) is 1.63. The summed E-state index contributed by atoms with van der Waals surface area (Å²) in [6.07, 6.45) is 4.70. The van der Waals surface area contributed by atoms with Gasteiger partial charge in [-0.15, -0.1) is 0 Å². The van der Waals surface area contributed by atoms with Gasteiger partial charge in [0.15, 0.2) is 0 Å². The van der Waals surface area contributed by atoms with Crippen LogP contribution in [-0.4, -0.2) is 9.97 Å². The molecule has 2 heteroatoms. The first-order chi connectivity index (χ1) is 6.79. The van der Waals surface area contributed by atoms with Crippen molar-refractivity contribution >= 4 is 0 Å². The third-order valence-electron chi connectivity index (χ3n) is 2.32. The molecular formula is C12H14N2. The van der Waals surface area contributed by atoms with Crippen LogP contribution in [0.15, 0.2) is 30.6 Å². The minimum Gasteiger partial charge on any atom is -0.345 e. The molecule has 0 amide bonds. The van der Waals surface area contributed by atoms with Crippen LogP contribution < -0.4 is 0 Å². The first-order valence-corrected chi connectivity index (χ1v) is 4.90. The van der Waals surface area contributed by atoms with Gasteiger partial charge in [-0.05, 0) is 31.0 Å². The van der Waals surface area contributed by atoms with E-state index < -0.39 is 0 Å². The molecule has 2 nitrogen and oxygen atoms in total. The average Bonchev–Trinajstić information content (AvgIpc) is 2.69. The molecule has 1 aromatic carbocycles. The molecule has 0 unspecified atom stereocenters. The van der Waals surface area contributed by atoms with Crippen LogP contribution in [0.4, 0.5) is 0 Å². The number of rotatable bonds is 2. The van der Waals surface area contributed by atoms with Crippen molar-refractivity contribution in [2.75, 3.05) is 0 Å². The lowest BCUT2D eigenvalue weighted by Gasteiger charge is -2.03. The SMILES string of the molecule is CCc1cc(C)cc(-c2ncc[nH]2)c1. The van der Waals surface area contributed by atoms with Gasteiger partial charge in [-0.2, -0.15) is 0 Å². The summed E-state index contributed by atoms with van der Waals surface area (Å²) in [5.41, 5.74) is 3.82. The van der Waals surface area contributed by atoms with Crippen LogP contribution in [0.3, 0.4) is 0 Å². The zero-order valence-electron chi connectivity index (χ0n) is 8.54. The number of H-pyrrole nitrogens is 1. The van der Waals surface area contributed by atoms with Crippen molar-refractivity contribution < 1.29 is 0 Å². The number of aromatic amines is 1. The number of nitrogens with one attached hydrogen (secondary N) is 1. The standard InChI is InChI=1S/C12H14N2/c1-3-10-6-9(2)7-11(8-10)12-13-4-5-14-12/h4-8H,3H2,1-2H3,(H,13,14). The van der Waals surface area contributed by atoms with Gasteiger partial charge in [0.05, 0.1) is 0 Å². The Morgan fingerprint density at radius 1 is 1.29 bits per heavy atom. The second-order valence-electron chi connectivity index (χ2n) is 3.50. The van der Waals surface area contributed by atoms with Gasteiger partial charge in [0.25, 0.3) is 0 Å². The maximum Gasteiger partial charge on any atom is 0.137 e. The highest BCUT2D eigenvalue weighted by Gasteiger charge is 2.01. The van der Waals surface area contributed by atoms with E-state index >= 15 is 0 Å². The molecule has 2 aromatic rings. The van der Waals surface area contributed by atoms with Crippen molar-refractivity contribution in [1.29, 1.82) is 0 Å². The molecule has 1 heterocycles. The van der Waals surface area contributed by atoms with E-state index in [1.807, 2.05) is 6.20 Å². The van der Waals surface area contributed by atoms with E-state index in [0.29, 0.717) is 0 Å². The zero-order chi connectivity index (χ0) is 9.97. The van der Waals surface area contributed by atoms with E-state index in [9.17, 15) is 0 Å². The highest BCUT2D eigenvalue weighted by atomic mass is 14.9. The average molecular weight is 186 g/mol. The summed E-state index contributed by atoms with van der Waals surface area (Å²) in [6.45, 7) is 4.28. The monoisotopic (exact) mass is 186 g/mol. The molecule has 1 aromatic heterocycles. The zero-order valence-corrected chi connectivity index (χ0v) is 8.54. The highest BCUT2D eigenvalue weighted by Crippen LogP contribution is 2.18. The first-order valence-electron chi connectivity index (χ1n) is 4.90. The molecule has 0 radical (unpaired) electrons. The van der Waals surface area contributed by atoms with Crippen molar-refractivity contribution in [3.05, 3.63) is 41.7 Å². The summed E-state index contributed by atoms with van der Waals surface area (Å²) in [5.74, 6) is 0.948. The van der Waals surface area contributed by atoms with Crippen molar-refractivity contribution in [3.63, 3.8) is 0 Å². The summed E-state index contributed by atoms with van der Waals surface area (Å²) in [4.78, 5) is 7.37. The molecule has 0 aliphatic heterocycles. The van der Waals surface area contributed by atoms with Crippen molar-refractivity contribution in [1.82, 2.24) is 9.97 Å². The highest BCUT2D eigenvalue weighted by molar-refractivity contribution is 5.57. The molecule has 2 rings (SSSR count). The third-order valence-corrected chi connectivity index (χ3v) is 2.32. The van der Waals surface area contributed by atoms with Crippen LogP contribution in [0, 0.1) is 6.92 Å². The second kappa shape index (κ2) is 3.66. The fraction of sp³-hybridized carbons (Fsp3) is 0.250. The van der Waals surface area contributed by atoms with Gasteiger partial charge in [-0.1, -0.05) is 18.6 Å². The number of imidazole rings is 1. The normalized spacial score (nSPS) is 10.4. The minimum atomic E-state index is 0.948. The largest absolute Gasteiger partial charge is 0.345 e. The Kier molecular flexibility index (Phi) is 2.35. The molecular weight excluding hydrogens is 172 g/mol. The number of aryl methyl sites for hydroxylation is 2. The lowest BCUT2D eigenvalue weighted by molar-refractivity contribution is 1.13. The third kappa shape index (κ3) is 1.69. The quantitative estimate of drug-likeness (QED) is 0.767. The predicted octanol–water partition coefficient (Wildman–Crippen LogP) is 2.95. The van der Waals surface area contributed by atoms with Crippen molar-refractivity contribution in [2.24, 2.45) is 0 Å². The lowest BCUT2D eigenvalue weighted by atomic mass is 10.0. The number of benzene rings is 1. The molecule has 0 saturated heterocycles. The summed E-state index contributed by atoms with van der Waals surface area (Å²) in [7, 11) is 0. The Bertz CT molecular complexity index is 416. The smallest absolute Gasteiger partial charge is 0.137 e. The Morgan fingerprint density at radius 2 is 2.14 bits per heavy atom. The Morgan fingerprint density at radius 3 is 2.79 bits per heavy atom. The number of hydrogen-bond acceptors (Lipinski definition) is 1. The van der Waals surface area contributed by atoms with E-state index in [-0.39, 0.29) is 0 Å². The minimum absolute atomic E-state index is 0.948. The van der Waals surface area contributed by atoms with Crippen molar-refractivity contribution in [3.8, 4) is 11.4 Å². The molecule has 0 spiro atoms. The molecule has 0 fully saturated rings. The Hall–Kier alpha value is -1.57. The van der Waals surface area contributed by atoms with Crippen LogP contribution in [0.2, 0.25) is 0 Å². The van der Waals surface area contributed by atoms with E-state index in [1.165, 1.54) is 16.7 Å². The maximum atomic E-state index is 4.25. The number of hydrogen-bond donors (Lipinski definition) is 1. The van der Waals surface area contributed by atoms with Gasteiger partial charge in [-0.25, -0.2) is 4.98 Å².